The van der Waals surface area contributed by atoms with Crippen molar-refractivity contribution in [2.45, 2.75) is 13.1 Å². The fourth-order valence-electron chi connectivity index (χ4n) is 1.96. The van der Waals surface area contributed by atoms with Crippen molar-refractivity contribution in [2.75, 3.05) is 12.3 Å². The monoisotopic (exact) mass is 232 g/mol. The van der Waals surface area contributed by atoms with Gasteiger partial charge in [-0.15, -0.1) is 0 Å². The first-order chi connectivity index (χ1) is 8.24. The number of amides is 1. The Morgan fingerprint density at radius 1 is 1.47 bits per heavy atom. The summed E-state index contributed by atoms with van der Waals surface area (Å²) < 4.78 is 2.05. The quantitative estimate of drug-likeness (QED) is 0.714. The van der Waals surface area contributed by atoms with E-state index in [-0.39, 0.29) is 5.91 Å². The average Bonchev–Trinajstić information content (AvgIpc) is 2.95. The van der Waals surface area contributed by atoms with Crippen molar-refractivity contribution in [1.82, 2.24) is 24.6 Å². The Morgan fingerprint density at radius 2 is 2.35 bits per heavy atom. The second kappa shape index (κ2) is 3.62. The number of carbonyl (C=O) groups is 1. The molecule has 88 valence electrons. The van der Waals surface area contributed by atoms with Crippen LogP contribution < -0.4 is 5.73 Å². The zero-order valence-electron chi connectivity index (χ0n) is 9.13. The second-order valence-electron chi connectivity index (χ2n) is 3.97. The van der Waals surface area contributed by atoms with E-state index in [0.717, 1.165) is 12.4 Å². The molecule has 0 aromatic carbocycles. The van der Waals surface area contributed by atoms with E-state index in [1.807, 2.05) is 10.8 Å². The van der Waals surface area contributed by atoms with E-state index in [4.69, 9.17) is 5.73 Å². The molecule has 17 heavy (non-hydrogen) atoms. The number of nitrogens with two attached hydrogens (primary N) is 1. The summed E-state index contributed by atoms with van der Waals surface area (Å²) in [5.74, 6) is 1.13. The van der Waals surface area contributed by atoms with Crippen molar-refractivity contribution in [1.29, 1.82) is 0 Å². The summed E-state index contributed by atoms with van der Waals surface area (Å²) in [7, 11) is 0. The van der Waals surface area contributed by atoms with Gasteiger partial charge in [0.05, 0.1) is 6.54 Å². The summed E-state index contributed by atoms with van der Waals surface area (Å²) in [4.78, 5) is 18.0. The van der Waals surface area contributed by atoms with Gasteiger partial charge in [0.25, 0.3) is 5.91 Å². The van der Waals surface area contributed by atoms with Gasteiger partial charge in [0.2, 0.25) is 0 Å². The lowest BCUT2D eigenvalue weighted by molar-refractivity contribution is 0.0701. The molecule has 0 aliphatic carbocycles. The second-order valence-corrected chi connectivity index (χ2v) is 3.97. The van der Waals surface area contributed by atoms with Crippen LogP contribution in [-0.4, -0.2) is 37.1 Å². The zero-order valence-corrected chi connectivity index (χ0v) is 9.13. The summed E-state index contributed by atoms with van der Waals surface area (Å²) in [6.45, 7) is 1.95. The van der Waals surface area contributed by atoms with Crippen LogP contribution in [0.25, 0.3) is 0 Å². The lowest BCUT2D eigenvalue weighted by Gasteiger charge is -2.27. The minimum atomic E-state index is -0.0940. The molecule has 1 aliphatic rings. The molecule has 0 atom stereocenters. The van der Waals surface area contributed by atoms with Gasteiger partial charge in [0.1, 0.15) is 17.3 Å². The minimum absolute atomic E-state index is 0.0940. The first-order valence-corrected chi connectivity index (χ1v) is 5.34. The number of carbonyl (C=O) groups excluding carboxylic acids is 1. The number of aromatic amines is 1. The molecule has 0 spiro atoms. The molecular weight excluding hydrogens is 220 g/mol. The van der Waals surface area contributed by atoms with Crippen LogP contribution in [0.3, 0.4) is 0 Å². The molecule has 0 radical (unpaired) electrons. The van der Waals surface area contributed by atoms with E-state index < -0.39 is 0 Å². The van der Waals surface area contributed by atoms with Crippen LogP contribution >= 0.6 is 0 Å². The Kier molecular flexibility index (Phi) is 2.10. The van der Waals surface area contributed by atoms with Crippen molar-refractivity contribution < 1.29 is 4.79 Å². The number of nitrogens with zero attached hydrogens (tertiary/aromatic N) is 4. The minimum Gasteiger partial charge on any atom is -0.382 e. The number of nitrogen functional groups attached to an aromatic ring is 1. The molecule has 1 aliphatic heterocycles. The van der Waals surface area contributed by atoms with Gasteiger partial charge in [-0.25, -0.2) is 4.98 Å². The van der Waals surface area contributed by atoms with Crippen molar-refractivity contribution in [3.8, 4) is 0 Å². The highest BCUT2D eigenvalue weighted by Crippen LogP contribution is 2.13. The molecule has 2 aromatic heterocycles. The van der Waals surface area contributed by atoms with Gasteiger partial charge in [-0.05, 0) is 0 Å². The molecular formula is C10H12N6O. The lowest BCUT2D eigenvalue weighted by atomic mass is 10.3. The van der Waals surface area contributed by atoms with E-state index >= 15 is 0 Å². The fourth-order valence-corrected chi connectivity index (χ4v) is 1.96. The highest BCUT2D eigenvalue weighted by molar-refractivity contribution is 5.92. The molecule has 0 fully saturated rings. The van der Waals surface area contributed by atoms with Crippen molar-refractivity contribution >= 4 is 11.7 Å². The molecule has 7 nitrogen and oxygen atoms in total. The summed E-state index contributed by atoms with van der Waals surface area (Å²) in [6.07, 6.45) is 3.67. The van der Waals surface area contributed by atoms with Gasteiger partial charge in [0, 0.05) is 31.5 Å². The summed E-state index contributed by atoms with van der Waals surface area (Å²) in [5.41, 5.74) is 5.90. The van der Waals surface area contributed by atoms with Crippen molar-refractivity contribution in [3.05, 3.63) is 30.0 Å². The SMILES string of the molecule is Nc1cc(C(=O)N2CCn3ccnc3C2)[nH]n1. The van der Waals surface area contributed by atoms with E-state index in [1.165, 1.54) is 0 Å². The van der Waals surface area contributed by atoms with Crippen LogP contribution in [-0.2, 0) is 13.1 Å². The third-order valence-corrected chi connectivity index (χ3v) is 2.86. The molecule has 0 unspecified atom stereocenters. The zero-order chi connectivity index (χ0) is 11.8. The highest BCUT2D eigenvalue weighted by Gasteiger charge is 2.23. The first kappa shape index (κ1) is 9.88. The largest absolute Gasteiger partial charge is 0.382 e. The third-order valence-electron chi connectivity index (χ3n) is 2.86. The van der Waals surface area contributed by atoms with Crippen LogP contribution in [0.5, 0.6) is 0 Å². The van der Waals surface area contributed by atoms with Gasteiger partial charge in [-0.1, -0.05) is 0 Å². The van der Waals surface area contributed by atoms with Crippen LogP contribution in [0.2, 0.25) is 0 Å². The predicted octanol–water partition coefficient (Wildman–Crippen LogP) is -0.156. The number of aromatic nitrogens is 4. The summed E-state index contributed by atoms with van der Waals surface area (Å²) in [6, 6.07) is 1.55. The number of anilines is 1. The van der Waals surface area contributed by atoms with Gasteiger partial charge >= 0.3 is 0 Å². The number of hydrogen-bond acceptors (Lipinski definition) is 4. The Balaban J connectivity index is 1.81. The molecule has 1 amide bonds. The first-order valence-electron chi connectivity index (χ1n) is 5.34. The number of rotatable bonds is 1. The summed E-state index contributed by atoms with van der Waals surface area (Å²) >= 11 is 0. The van der Waals surface area contributed by atoms with Crippen molar-refractivity contribution in [3.63, 3.8) is 0 Å². The molecule has 7 heteroatoms. The van der Waals surface area contributed by atoms with Gasteiger partial charge in [0.15, 0.2) is 0 Å². The van der Waals surface area contributed by atoms with Crippen molar-refractivity contribution in [2.24, 2.45) is 0 Å². The Bertz CT molecular complexity index is 557. The predicted molar refractivity (Wildman–Crippen MR) is 60.0 cm³/mol. The Labute approximate surface area is 97.2 Å². The Hall–Kier alpha value is -2.31. The Morgan fingerprint density at radius 3 is 3.12 bits per heavy atom. The third kappa shape index (κ3) is 1.65. The lowest BCUT2D eigenvalue weighted by Crippen LogP contribution is -2.38. The maximum Gasteiger partial charge on any atom is 0.272 e. The van der Waals surface area contributed by atoms with Gasteiger partial charge in [-0.3, -0.25) is 9.89 Å². The number of nitrogens with one attached hydrogen (secondary N) is 1. The van der Waals surface area contributed by atoms with Crippen LogP contribution in [0.1, 0.15) is 16.3 Å². The topological polar surface area (TPSA) is 92.8 Å². The molecule has 0 saturated carbocycles. The van der Waals surface area contributed by atoms with Gasteiger partial charge < -0.3 is 15.2 Å². The molecule has 0 saturated heterocycles. The van der Waals surface area contributed by atoms with E-state index in [9.17, 15) is 4.79 Å². The maximum atomic E-state index is 12.1. The normalized spacial score (nSPS) is 14.7. The van der Waals surface area contributed by atoms with Gasteiger partial charge in [-0.2, -0.15) is 5.10 Å². The number of imidazole rings is 1. The molecule has 3 heterocycles. The standard InChI is InChI=1S/C10H12N6O/c11-8-5-7(13-14-8)10(17)16-4-3-15-2-1-12-9(15)6-16/h1-2,5H,3-4,6H2,(H3,11,13,14). The molecule has 3 rings (SSSR count). The van der Waals surface area contributed by atoms with E-state index in [0.29, 0.717) is 24.6 Å². The fraction of sp³-hybridized carbons (Fsp3) is 0.300. The van der Waals surface area contributed by atoms with E-state index in [1.54, 1.807) is 17.2 Å². The maximum absolute atomic E-state index is 12.1. The highest BCUT2D eigenvalue weighted by atomic mass is 16.2. The van der Waals surface area contributed by atoms with Crippen LogP contribution in [0.15, 0.2) is 18.5 Å². The average molecular weight is 232 g/mol. The van der Waals surface area contributed by atoms with Crippen LogP contribution in [0.4, 0.5) is 5.82 Å². The number of fused-ring (bicyclic) bond motifs is 1. The molecule has 2 aromatic rings. The number of H-pyrrole nitrogens is 1. The van der Waals surface area contributed by atoms with E-state index in [2.05, 4.69) is 15.2 Å². The molecule has 0 bridgehead atoms. The molecule has 3 N–H and O–H groups in total. The summed E-state index contributed by atoms with van der Waals surface area (Å²) in [5, 5.41) is 6.38. The number of hydrogen-bond donors (Lipinski definition) is 2. The van der Waals surface area contributed by atoms with Crippen LogP contribution in [0, 0.1) is 0 Å². The smallest absolute Gasteiger partial charge is 0.272 e.